The van der Waals surface area contributed by atoms with E-state index in [0.29, 0.717) is 18.4 Å². The molecule has 2 atom stereocenters. The number of β-amino-alcohol motifs (C(OH)–C–C–N with tert-alkyl or cyclic N) is 1. The van der Waals surface area contributed by atoms with Gasteiger partial charge in [-0.2, -0.15) is 0 Å². The molecule has 1 fully saturated rings. The third kappa shape index (κ3) is 3.22. The number of carbonyl (C=O) groups is 1. The van der Waals surface area contributed by atoms with Crippen LogP contribution in [0.4, 0.5) is 0 Å². The fourth-order valence-electron chi connectivity index (χ4n) is 4.13. The molecule has 5 nitrogen and oxygen atoms in total. The molecule has 0 aliphatic carbocycles. The van der Waals surface area contributed by atoms with Crippen LogP contribution in [-0.2, 0) is 7.05 Å². The van der Waals surface area contributed by atoms with Gasteiger partial charge in [-0.15, -0.1) is 0 Å². The molecule has 5 heteroatoms. The number of nitrogens with zero attached hydrogens (tertiary/aromatic N) is 2. The molecule has 0 saturated carbocycles. The van der Waals surface area contributed by atoms with Crippen LogP contribution in [0.3, 0.4) is 0 Å². The summed E-state index contributed by atoms with van der Waals surface area (Å²) < 4.78 is 1.82. The molecule has 1 aliphatic rings. The Labute approximate surface area is 163 Å². The van der Waals surface area contributed by atoms with Gasteiger partial charge in [-0.25, -0.2) is 0 Å². The Kier molecular flexibility index (Phi) is 4.77. The summed E-state index contributed by atoms with van der Waals surface area (Å²) in [6.45, 7) is 2.68. The fourth-order valence-corrected chi connectivity index (χ4v) is 4.13. The zero-order chi connectivity index (χ0) is 19.8. The Hall–Kier alpha value is -2.92. The summed E-state index contributed by atoms with van der Waals surface area (Å²) >= 11 is 0. The molecule has 2 heterocycles. The summed E-state index contributed by atoms with van der Waals surface area (Å²) in [6.07, 6.45) is 1.63. The lowest BCUT2D eigenvalue weighted by Crippen LogP contribution is -2.46. The van der Waals surface area contributed by atoms with Crippen LogP contribution >= 0.6 is 0 Å². The second kappa shape index (κ2) is 7.24. The van der Waals surface area contributed by atoms with Crippen LogP contribution in [0.1, 0.15) is 33.8 Å². The van der Waals surface area contributed by atoms with Gasteiger partial charge in [0, 0.05) is 37.6 Å². The molecular formula is C23H24N2O3. The van der Waals surface area contributed by atoms with E-state index in [0.717, 1.165) is 16.6 Å². The first-order valence-electron chi connectivity index (χ1n) is 9.58. The molecule has 1 N–H and O–H groups in total. The lowest BCUT2D eigenvalue weighted by atomic mass is 9.87. The van der Waals surface area contributed by atoms with Crippen LogP contribution in [0, 0.1) is 6.92 Å². The Morgan fingerprint density at radius 1 is 1.14 bits per heavy atom. The third-order valence-electron chi connectivity index (χ3n) is 5.67. The highest BCUT2D eigenvalue weighted by Gasteiger charge is 2.32. The van der Waals surface area contributed by atoms with Gasteiger partial charge in [-0.1, -0.05) is 42.0 Å². The zero-order valence-electron chi connectivity index (χ0n) is 16.1. The van der Waals surface area contributed by atoms with E-state index in [1.54, 1.807) is 11.1 Å². The number of likely N-dealkylation sites (tertiary alicyclic amines) is 1. The number of amides is 1. The normalized spacial score (nSPS) is 19.8. The van der Waals surface area contributed by atoms with Crippen molar-refractivity contribution in [2.75, 3.05) is 13.1 Å². The van der Waals surface area contributed by atoms with Gasteiger partial charge in [0.15, 0.2) is 0 Å². The lowest BCUT2D eigenvalue weighted by molar-refractivity contribution is 0.0380. The predicted molar refractivity (Wildman–Crippen MR) is 110 cm³/mol. The summed E-state index contributed by atoms with van der Waals surface area (Å²) in [5.41, 5.74) is 2.77. The first kappa shape index (κ1) is 18.4. The standard InChI is InChI=1S/C23H24N2O3/c1-15-8-9-20-18(12-15)22(27)19(13-24(20)2)23(28)25-11-10-17(21(26)14-25)16-6-4-3-5-7-16/h3-9,12-13,17,21,26H,10-11,14H2,1-2H3/t17-,21-/m1/s1. The number of carbonyl (C=O) groups excluding carboxylic acids is 1. The monoisotopic (exact) mass is 376 g/mol. The van der Waals surface area contributed by atoms with Crippen molar-refractivity contribution in [2.45, 2.75) is 25.4 Å². The minimum Gasteiger partial charge on any atom is -0.391 e. The molecule has 2 aromatic carbocycles. The minimum absolute atomic E-state index is 0.00679. The number of aryl methyl sites for hydroxylation is 2. The van der Waals surface area contributed by atoms with Gasteiger partial charge in [-0.3, -0.25) is 9.59 Å². The average molecular weight is 376 g/mol. The number of benzene rings is 2. The van der Waals surface area contributed by atoms with E-state index in [1.165, 1.54) is 0 Å². The van der Waals surface area contributed by atoms with Gasteiger partial charge in [-0.05, 0) is 31.0 Å². The van der Waals surface area contributed by atoms with Crippen molar-refractivity contribution in [3.8, 4) is 0 Å². The molecule has 4 rings (SSSR count). The summed E-state index contributed by atoms with van der Waals surface area (Å²) in [5.74, 6) is -0.304. The second-order valence-electron chi connectivity index (χ2n) is 7.63. The molecular weight excluding hydrogens is 352 g/mol. The predicted octanol–water partition coefficient (Wildman–Crippen LogP) is 2.84. The highest BCUT2D eigenvalue weighted by atomic mass is 16.3. The smallest absolute Gasteiger partial charge is 0.259 e. The molecule has 0 spiro atoms. The van der Waals surface area contributed by atoms with Gasteiger partial charge in [0.05, 0.1) is 11.6 Å². The van der Waals surface area contributed by atoms with Crippen LogP contribution in [0.15, 0.2) is 59.5 Å². The number of rotatable bonds is 2. The van der Waals surface area contributed by atoms with Crippen LogP contribution in [0.25, 0.3) is 10.9 Å². The number of pyridine rings is 1. The van der Waals surface area contributed by atoms with Crippen molar-refractivity contribution in [3.63, 3.8) is 0 Å². The quantitative estimate of drug-likeness (QED) is 0.748. The van der Waals surface area contributed by atoms with Gasteiger partial charge >= 0.3 is 0 Å². The highest BCUT2D eigenvalue weighted by molar-refractivity contribution is 5.97. The molecule has 1 amide bonds. The number of fused-ring (bicyclic) bond motifs is 1. The molecule has 1 aliphatic heterocycles. The van der Waals surface area contributed by atoms with Crippen LogP contribution in [-0.4, -0.2) is 39.7 Å². The molecule has 144 valence electrons. The summed E-state index contributed by atoms with van der Waals surface area (Å²) in [4.78, 5) is 27.7. The number of aliphatic hydroxyl groups excluding tert-OH is 1. The Balaban J connectivity index is 1.62. The maximum atomic E-state index is 13.1. The first-order valence-corrected chi connectivity index (χ1v) is 9.58. The Bertz CT molecular complexity index is 1090. The van der Waals surface area contributed by atoms with E-state index < -0.39 is 6.10 Å². The Morgan fingerprint density at radius 2 is 1.89 bits per heavy atom. The molecule has 0 unspecified atom stereocenters. The van der Waals surface area contributed by atoms with Gasteiger partial charge < -0.3 is 14.6 Å². The molecule has 28 heavy (non-hydrogen) atoms. The maximum absolute atomic E-state index is 13.1. The van der Waals surface area contributed by atoms with Gasteiger partial charge in [0.1, 0.15) is 5.56 Å². The van der Waals surface area contributed by atoms with E-state index in [-0.39, 0.29) is 29.4 Å². The van der Waals surface area contributed by atoms with Crippen LogP contribution < -0.4 is 5.43 Å². The van der Waals surface area contributed by atoms with Crippen molar-refractivity contribution in [2.24, 2.45) is 7.05 Å². The van der Waals surface area contributed by atoms with Crippen LogP contribution in [0.5, 0.6) is 0 Å². The Morgan fingerprint density at radius 3 is 2.61 bits per heavy atom. The third-order valence-corrected chi connectivity index (χ3v) is 5.67. The average Bonchev–Trinajstić information content (AvgIpc) is 2.70. The topological polar surface area (TPSA) is 62.5 Å². The molecule has 0 radical (unpaired) electrons. The number of aliphatic hydroxyl groups is 1. The number of piperidine rings is 1. The number of hydrogen-bond acceptors (Lipinski definition) is 3. The molecule has 0 bridgehead atoms. The van der Waals surface area contributed by atoms with Crippen molar-refractivity contribution in [1.82, 2.24) is 9.47 Å². The van der Waals surface area contributed by atoms with Crippen LogP contribution in [0.2, 0.25) is 0 Å². The second-order valence-corrected chi connectivity index (χ2v) is 7.63. The van der Waals surface area contributed by atoms with E-state index in [1.807, 2.05) is 67.1 Å². The first-order chi connectivity index (χ1) is 13.5. The van der Waals surface area contributed by atoms with Crippen molar-refractivity contribution >= 4 is 16.8 Å². The lowest BCUT2D eigenvalue weighted by Gasteiger charge is -2.36. The van der Waals surface area contributed by atoms with Crippen molar-refractivity contribution < 1.29 is 9.90 Å². The SMILES string of the molecule is Cc1ccc2c(c1)c(=O)c(C(=O)N1CC[C@H](c3ccccc3)[C@H](O)C1)cn2C. The summed E-state index contributed by atoms with van der Waals surface area (Å²) in [7, 11) is 1.84. The zero-order valence-corrected chi connectivity index (χ0v) is 16.1. The van der Waals surface area contributed by atoms with E-state index in [4.69, 9.17) is 0 Å². The van der Waals surface area contributed by atoms with E-state index in [9.17, 15) is 14.7 Å². The van der Waals surface area contributed by atoms with E-state index in [2.05, 4.69) is 0 Å². The summed E-state index contributed by atoms with van der Waals surface area (Å²) in [5, 5.41) is 11.2. The molecule has 3 aromatic rings. The van der Waals surface area contributed by atoms with Gasteiger partial charge in [0.2, 0.25) is 5.43 Å². The fraction of sp³-hybridized carbons (Fsp3) is 0.304. The van der Waals surface area contributed by atoms with Crippen molar-refractivity contribution in [1.29, 1.82) is 0 Å². The maximum Gasteiger partial charge on any atom is 0.259 e. The molecule has 1 saturated heterocycles. The van der Waals surface area contributed by atoms with Crippen molar-refractivity contribution in [3.05, 3.63) is 81.6 Å². The number of hydrogen-bond donors (Lipinski definition) is 1. The highest BCUT2D eigenvalue weighted by Crippen LogP contribution is 2.29. The largest absolute Gasteiger partial charge is 0.391 e. The minimum atomic E-state index is -0.647. The number of aromatic nitrogens is 1. The molecule has 1 aromatic heterocycles. The summed E-state index contributed by atoms with van der Waals surface area (Å²) in [6, 6.07) is 15.6. The van der Waals surface area contributed by atoms with Gasteiger partial charge in [0.25, 0.3) is 5.91 Å². The van der Waals surface area contributed by atoms with E-state index >= 15 is 0 Å².